The molecule has 178 valence electrons. The van der Waals surface area contributed by atoms with Gasteiger partial charge in [-0.1, -0.05) is 13.8 Å². The van der Waals surface area contributed by atoms with Gasteiger partial charge in [0.15, 0.2) is 12.6 Å². The summed E-state index contributed by atoms with van der Waals surface area (Å²) < 4.78 is 0. The Balaban J connectivity index is 2.04. The first-order chi connectivity index (χ1) is 15.9. The second kappa shape index (κ2) is 10.8. The number of carbonyl (C=O) groups excluding carboxylic acids is 2. The Labute approximate surface area is 194 Å². The van der Waals surface area contributed by atoms with Crippen molar-refractivity contribution in [2.75, 3.05) is 13.2 Å². The Morgan fingerprint density at radius 3 is 1.30 bits per heavy atom. The number of aliphatic hydroxyl groups is 2. The Hall–Kier alpha value is -2.90. The number of H-pyrrole nitrogens is 3. The van der Waals surface area contributed by atoms with E-state index in [2.05, 4.69) is 28.8 Å². The van der Waals surface area contributed by atoms with Gasteiger partial charge in [-0.2, -0.15) is 0 Å². The molecule has 3 aromatic heterocycles. The molecule has 33 heavy (non-hydrogen) atoms. The molecule has 0 saturated carbocycles. The first kappa shape index (κ1) is 24.7. The summed E-state index contributed by atoms with van der Waals surface area (Å²) in [5.41, 5.74) is 11.6. The quantitative estimate of drug-likeness (QED) is 0.270. The summed E-state index contributed by atoms with van der Waals surface area (Å²) in [6.07, 6.45) is 5.65. The summed E-state index contributed by atoms with van der Waals surface area (Å²) in [5, 5.41) is 19.1. The van der Waals surface area contributed by atoms with E-state index in [9.17, 15) is 19.8 Å². The molecule has 3 aromatic rings. The molecule has 0 bridgehead atoms. The molecule has 0 atom stereocenters. The van der Waals surface area contributed by atoms with Crippen molar-refractivity contribution >= 4 is 12.6 Å². The van der Waals surface area contributed by atoms with E-state index in [0.29, 0.717) is 37.1 Å². The zero-order chi connectivity index (χ0) is 24.1. The van der Waals surface area contributed by atoms with Crippen LogP contribution in [-0.2, 0) is 38.5 Å². The number of aliphatic hydroxyl groups excluding tert-OH is 2. The minimum atomic E-state index is 0.0275. The summed E-state index contributed by atoms with van der Waals surface area (Å²) in [6, 6.07) is 0. The van der Waals surface area contributed by atoms with Crippen LogP contribution in [0.1, 0.15) is 91.0 Å². The average molecular weight is 454 g/mol. The predicted octanol–water partition coefficient (Wildman–Crippen LogP) is 3.29. The number of hydrogen-bond acceptors (Lipinski definition) is 4. The number of aromatic amines is 3. The fraction of sp³-hybridized carbons (Fsp3) is 0.462. The molecule has 0 saturated heterocycles. The second-order valence-corrected chi connectivity index (χ2v) is 8.52. The third kappa shape index (κ3) is 4.75. The molecule has 3 rings (SSSR count). The van der Waals surface area contributed by atoms with Gasteiger partial charge >= 0.3 is 0 Å². The number of aromatic nitrogens is 3. The molecule has 0 aromatic carbocycles. The van der Waals surface area contributed by atoms with Gasteiger partial charge in [0.25, 0.3) is 0 Å². The maximum atomic E-state index is 11.5. The smallest absolute Gasteiger partial charge is 0.166 e. The predicted molar refractivity (Wildman–Crippen MR) is 129 cm³/mol. The van der Waals surface area contributed by atoms with Gasteiger partial charge in [0.05, 0.1) is 11.4 Å². The second-order valence-electron chi connectivity index (χ2n) is 8.52. The maximum Gasteiger partial charge on any atom is 0.166 e. The average Bonchev–Trinajstić information content (AvgIpc) is 3.41. The summed E-state index contributed by atoms with van der Waals surface area (Å²) >= 11 is 0. The minimum absolute atomic E-state index is 0.0275. The van der Waals surface area contributed by atoms with Crippen LogP contribution in [0.4, 0.5) is 0 Å². The molecule has 0 amide bonds. The van der Waals surface area contributed by atoms with Gasteiger partial charge in [0.2, 0.25) is 0 Å². The molecule has 0 spiro atoms. The third-order valence-corrected chi connectivity index (χ3v) is 6.78. The van der Waals surface area contributed by atoms with E-state index in [0.717, 1.165) is 70.4 Å². The molecular formula is C26H35N3O4. The summed E-state index contributed by atoms with van der Waals surface area (Å²) in [6.45, 7) is 8.16. The lowest BCUT2D eigenvalue weighted by Crippen LogP contribution is -2.01. The van der Waals surface area contributed by atoms with Crippen molar-refractivity contribution in [3.8, 4) is 0 Å². The molecule has 7 heteroatoms. The molecular weight excluding hydrogens is 418 g/mol. The van der Waals surface area contributed by atoms with Crippen LogP contribution in [0.2, 0.25) is 0 Å². The SMILES string of the molecule is CCc1c(Cc2[nH]c(C=O)c(C)c2CCO)[nH]c(Cc2[nH]c(C=O)c(C)c2CCO)c1CC. The number of carbonyl (C=O) groups is 2. The Morgan fingerprint density at radius 2 is 1.00 bits per heavy atom. The first-order valence-corrected chi connectivity index (χ1v) is 11.7. The van der Waals surface area contributed by atoms with Crippen molar-refractivity contribution in [1.29, 1.82) is 0 Å². The number of hydrogen-bond donors (Lipinski definition) is 5. The highest BCUT2D eigenvalue weighted by Gasteiger charge is 2.21. The lowest BCUT2D eigenvalue weighted by atomic mass is 9.97. The number of nitrogens with one attached hydrogen (secondary N) is 3. The normalized spacial score (nSPS) is 11.3. The van der Waals surface area contributed by atoms with Gasteiger partial charge in [-0.3, -0.25) is 9.59 Å². The Kier molecular flexibility index (Phi) is 8.10. The zero-order valence-corrected chi connectivity index (χ0v) is 20.0. The number of rotatable bonds is 12. The van der Waals surface area contributed by atoms with E-state index in [1.807, 2.05) is 13.8 Å². The van der Waals surface area contributed by atoms with Gasteiger partial charge in [-0.15, -0.1) is 0 Å². The zero-order valence-electron chi connectivity index (χ0n) is 20.0. The van der Waals surface area contributed by atoms with E-state index in [1.165, 1.54) is 11.1 Å². The lowest BCUT2D eigenvalue weighted by Gasteiger charge is -2.07. The van der Waals surface area contributed by atoms with Crippen LogP contribution in [0, 0.1) is 13.8 Å². The minimum Gasteiger partial charge on any atom is -0.396 e. The first-order valence-electron chi connectivity index (χ1n) is 11.7. The van der Waals surface area contributed by atoms with E-state index >= 15 is 0 Å². The Bertz CT molecular complexity index is 1050. The summed E-state index contributed by atoms with van der Waals surface area (Å²) in [7, 11) is 0. The third-order valence-electron chi connectivity index (χ3n) is 6.78. The van der Waals surface area contributed by atoms with Crippen LogP contribution in [0.3, 0.4) is 0 Å². The van der Waals surface area contributed by atoms with Crippen molar-refractivity contribution in [2.24, 2.45) is 0 Å². The molecule has 0 fully saturated rings. The van der Waals surface area contributed by atoms with Crippen LogP contribution in [0.5, 0.6) is 0 Å². The van der Waals surface area contributed by atoms with Gasteiger partial charge in [-0.05, 0) is 72.9 Å². The van der Waals surface area contributed by atoms with Crippen molar-refractivity contribution < 1.29 is 19.8 Å². The van der Waals surface area contributed by atoms with Crippen molar-refractivity contribution in [3.05, 3.63) is 67.5 Å². The standard InChI is InChI=1S/C26H35N3O4/c1-5-17-18(6-2)22(12-24-20(8-10-31)16(4)26(14-33)29-24)27-21(17)11-23-19(7-9-30)15(3)25(13-32)28-23/h13-14,27-31H,5-12H2,1-4H3. The fourth-order valence-corrected chi connectivity index (χ4v) is 5.09. The van der Waals surface area contributed by atoms with Gasteiger partial charge < -0.3 is 25.2 Å². The summed E-state index contributed by atoms with van der Waals surface area (Å²) in [5.74, 6) is 0. The molecule has 3 heterocycles. The van der Waals surface area contributed by atoms with Gasteiger partial charge in [-0.25, -0.2) is 0 Å². The molecule has 0 unspecified atom stereocenters. The van der Waals surface area contributed by atoms with Gasteiger partial charge in [0.1, 0.15) is 0 Å². The van der Waals surface area contributed by atoms with Crippen LogP contribution < -0.4 is 0 Å². The highest BCUT2D eigenvalue weighted by Crippen LogP contribution is 2.29. The maximum absolute atomic E-state index is 11.5. The van der Waals surface area contributed by atoms with Crippen LogP contribution >= 0.6 is 0 Å². The van der Waals surface area contributed by atoms with Crippen molar-refractivity contribution in [1.82, 2.24) is 15.0 Å². The van der Waals surface area contributed by atoms with E-state index < -0.39 is 0 Å². The monoisotopic (exact) mass is 453 g/mol. The highest BCUT2D eigenvalue weighted by atomic mass is 16.3. The molecule has 7 nitrogen and oxygen atoms in total. The largest absolute Gasteiger partial charge is 0.396 e. The molecule has 0 aliphatic carbocycles. The van der Waals surface area contributed by atoms with E-state index in [4.69, 9.17) is 0 Å². The molecule has 0 aliphatic heterocycles. The highest BCUT2D eigenvalue weighted by molar-refractivity contribution is 5.76. The fourth-order valence-electron chi connectivity index (χ4n) is 5.09. The molecule has 5 N–H and O–H groups in total. The van der Waals surface area contributed by atoms with Gasteiger partial charge in [0, 0.05) is 48.8 Å². The topological polar surface area (TPSA) is 122 Å². The van der Waals surface area contributed by atoms with E-state index in [-0.39, 0.29) is 13.2 Å². The summed E-state index contributed by atoms with van der Waals surface area (Å²) in [4.78, 5) is 33.1. The van der Waals surface area contributed by atoms with Crippen LogP contribution in [-0.4, -0.2) is 51.0 Å². The Morgan fingerprint density at radius 1 is 0.636 bits per heavy atom. The van der Waals surface area contributed by atoms with Crippen molar-refractivity contribution in [3.63, 3.8) is 0 Å². The van der Waals surface area contributed by atoms with Crippen molar-refractivity contribution in [2.45, 2.75) is 66.2 Å². The lowest BCUT2D eigenvalue weighted by molar-refractivity contribution is 0.111. The molecule has 0 radical (unpaired) electrons. The molecule has 0 aliphatic rings. The van der Waals surface area contributed by atoms with Crippen LogP contribution in [0.15, 0.2) is 0 Å². The van der Waals surface area contributed by atoms with E-state index in [1.54, 1.807) is 0 Å². The number of aldehydes is 2. The van der Waals surface area contributed by atoms with Crippen LogP contribution in [0.25, 0.3) is 0 Å².